The molecule has 146 valence electrons. The molecule has 0 spiro atoms. The van der Waals surface area contributed by atoms with Crippen LogP contribution in [0.1, 0.15) is 23.7 Å². The molecule has 0 radical (unpaired) electrons. The van der Waals surface area contributed by atoms with Gasteiger partial charge in [-0.3, -0.25) is 0 Å². The number of piperazine rings is 1. The van der Waals surface area contributed by atoms with Crippen LogP contribution in [0.25, 0.3) is 0 Å². The molecule has 1 aromatic heterocycles. The van der Waals surface area contributed by atoms with E-state index in [1.807, 2.05) is 45.9 Å². The number of sulfonamides is 1. The van der Waals surface area contributed by atoms with Gasteiger partial charge < -0.3 is 10.2 Å². The van der Waals surface area contributed by atoms with Gasteiger partial charge >= 0.3 is 0 Å². The van der Waals surface area contributed by atoms with Gasteiger partial charge in [-0.15, -0.1) is 0 Å². The lowest BCUT2D eigenvalue weighted by Crippen LogP contribution is -2.49. The van der Waals surface area contributed by atoms with Gasteiger partial charge in [0.25, 0.3) is 0 Å². The van der Waals surface area contributed by atoms with Crippen LogP contribution in [-0.4, -0.2) is 55.4 Å². The van der Waals surface area contributed by atoms with Crippen molar-refractivity contribution in [3.8, 4) is 0 Å². The second-order valence-electron chi connectivity index (χ2n) is 6.88. The third-order valence-corrected chi connectivity index (χ3v) is 6.75. The molecule has 0 unspecified atom stereocenters. The Morgan fingerprint density at radius 3 is 2.37 bits per heavy atom. The minimum Gasteiger partial charge on any atom is -0.354 e. The summed E-state index contributed by atoms with van der Waals surface area (Å²) in [6.45, 7) is 10.6. The van der Waals surface area contributed by atoms with Crippen molar-refractivity contribution in [3.05, 3.63) is 41.1 Å². The fourth-order valence-corrected chi connectivity index (χ4v) is 4.96. The van der Waals surface area contributed by atoms with Crippen LogP contribution in [0.4, 0.5) is 11.8 Å². The summed E-state index contributed by atoms with van der Waals surface area (Å²) in [5.41, 5.74) is 2.74. The van der Waals surface area contributed by atoms with Gasteiger partial charge in [-0.05, 0) is 39.3 Å². The van der Waals surface area contributed by atoms with Crippen molar-refractivity contribution in [1.82, 2.24) is 14.3 Å². The topological polar surface area (TPSA) is 78.4 Å². The first-order chi connectivity index (χ1) is 12.8. The van der Waals surface area contributed by atoms with E-state index in [1.165, 1.54) is 0 Å². The first kappa shape index (κ1) is 19.6. The number of nitrogens with one attached hydrogen (secondary N) is 1. The van der Waals surface area contributed by atoms with E-state index < -0.39 is 10.0 Å². The molecule has 1 aliphatic heterocycles. The van der Waals surface area contributed by atoms with Gasteiger partial charge in [0, 0.05) is 44.5 Å². The Morgan fingerprint density at radius 1 is 1.04 bits per heavy atom. The molecule has 1 saturated heterocycles. The van der Waals surface area contributed by atoms with Crippen molar-refractivity contribution in [3.63, 3.8) is 0 Å². The number of benzene rings is 1. The molecule has 1 fully saturated rings. The normalized spacial score (nSPS) is 15.8. The number of rotatable bonds is 5. The zero-order chi connectivity index (χ0) is 19.6. The maximum Gasteiger partial charge on any atom is 0.243 e. The summed E-state index contributed by atoms with van der Waals surface area (Å²) in [5.74, 6) is 1.44. The molecule has 0 bridgehead atoms. The first-order valence-electron chi connectivity index (χ1n) is 9.23. The van der Waals surface area contributed by atoms with Crippen molar-refractivity contribution < 1.29 is 8.42 Å². The van der Waals surface area contributed by atoms with E-state index >= 15 is 0 Å². The Kier molecular flexibility index (Phi) is 5.67. The smallest absolute Gasteiger partial charge is 0.243 e. The van der Waals surface area contributed by atoms with Crippen molar-refractivity contribution in [2.24, 2.45) is 0 Å². The summed E-state index contributed by atoms with van der Waals surface area (Å²) in [7, 11) is -3.48. The quantitative estimate of drug-likeness (QED) is 0.846. The SMILES string of the molecule is CCNc1nc(C)cc(N2CCN(S(=O)(=O)c3ccc(C)cc3C)CC2)n1. The zero-order valence-corrected chi connectivity index (χ0v) is 17.2. The lowest BCUT2D eigenvalue weighted by atomic mass is 10.2. The Hall–Kier alpha value is -2.19. The molecular formula is C19H27N5O2S. The molecular weight excluding hydrogens is 362 g/mol. The second-order valence-corrected chi connectivity index (χ2v) is 8.79. The van der Waals surface area contributed by atoms with Crippen molar-refractivity contribution >= 4 is 21.8 Å². The summed E-state index contributed by atoms with van der Waals surface area (Å²) >= 11 is 0. The Morgan fingerprint density at radius 2 is 1.74 bits per heavy atom. The number of nitrogens with zero attached hydrogens (tertiary/aromatic N) is 4. The maximum absolute atomic E-state index is 13.0. The predicted molar refractivity (Wildman–Crippen MR) is 108 cm³/mol. The molecule has 0 saturated carbocycles. The van der Waals surface area contributed by atoms with Crippen LogP contribution in [0.3, 0.4) is 0 Å². The second kappa shape index (κ2) is 7.82. The zero-order valence-electron chi connectivity index (χ0n) is 16.4. The van der Waals surface area contributed by atoms with E-state index in [0.717, 1.165) is 29.2 Å². The minimum absolute atomic E-state index is 0.397. The van der Waals surface area contributed by atoms with Crippen LogP contribution in [0, 0.1) is 20.8 Å². The summed E-state index contributed by atoms with van der Waals surface area (Å²) < 4.78 is 27.6. The highest BCUT2D eigenvalue weighted by Crippen LogP contribution is 2.24. The van der Waals surface area contributed by atoms with Crippen molar-refractivity contribution in [1.29, 1.82) is 0 Å². The van der Waals surface area contributed by atoms with Crippen LogP contribution < -0.4 is 10.2 Å². The molecule has 7 nitrogen and oxygen atoms in total. The number of anilines is 2. The standard InChI is InChI=1S/C19H27N5O2S/c1-5-20-19-21-16(4)13-18(22-19)23-8-10-24(11-9-23)27(25,26)17-7-6-14(2)12-15(17)3/h6-7,12-13H,5,8-11H2,1-4H3,(H,20,21,22). The molecule has 27 heavy (non-hydrogen) atoms. The van der Waals surface area contributed by atoms with Crippen molar-refractivity contribution in [2.75, 3.05) is 42.9 Å². The Balaban J connectivity index is 1.75. The average Bonchev–Trinajstić information content (AvgIpc) is 2.61. The van der Waals surface area contributed by atoms with Crippen LogP contribution in [0.5, 0.6) is 0 Å². The highest BCUT2D eigenvalue weighted by molar-refractivity contribution is 7.89. The Labute approximate surface area is 161 Å². The molecule has 8 heteroatoms. The maximum atomic E-state index is 13.0. The lowest BCUT2D eigenvalue weighted by molar-refractivity contribution is 0.383. The molecule has 0 aliphatic carbocycles. The van der Waals surface area contributed by atoms with Gasteiger partial charge in [-0.25, -0.2) is 13.4 Å². The van der Waals surface area contributed by atoms with E-state index in [9.17, 15) is 8.42 Å². The summed E-state index contributed by atoms with van der Waals surface area (Å²) in [5, 5.41) is 3.14. The van der Waals surface area contributed by atoms with Gasteiger partial charge in [0.1, 0.15) is 5.82 Å². The van der Waals surface area contributed by atoms with Gasteiger partial charge in [0.05, 0.1) is 4.90 Å². The monoisotopic (exact) mass is 389 g/mol. The van der Waals surface area contributed by atoms with Crippen LogP contribution >= 0.6 is 0 Å². The molecule has 1 aliphatic rings. The van der Waals surface area contributed by atoms with E-state index in [-0.39, 0.29) is 0 Å². The largest absolute Gasteiger partial charge is 0.354 e. The highest BCUT2D eigenvalue weighted by atomic mass is 32.2. The molecule has 1 N–H and O–H groups in total. The summed E-state index contributed by atoms with van der Waals surface area (Å²) in [6, 6.07) is 7.41. The van der Waals surface area contributed by atoms with Crippen LogP contribution in [0.2, 0.25) is 0 Å². The van der Waals surface area contributed by atoms with Gasteiger partial charge in [-0.1, -0.05) is 17.7 Å². The van der Waals surface area contributed by atoms with Gasteiger partial charge in [-0.2, -0.15) is 9.29 Å². The third-order valence-electron chi connectivity index (χ3n) is 4.69. The summed E-state index contributed by atoms with van der Waals surface area (Å²) in [6.07, 6.45) is 0. The minimum atomic E-state index is -3.48. The van der Waals surface area contributed by atoms with Gasteiger partial charge in [0.2, 0.25) is 16.0 Å². The average molecular weight is 390 g/mol. The molecule has 0 atom stereocenters. The van der Waals surface area contributed by atoms with Crippen LogP contribution in [0.15, 0.2) is 29.2 Å². The molecule has 3 rings (SSSR count). The Bertz CT molecular complexity index is 922. The van der Waals surface area contributed by atoms with E-state index in [2.05, 4.69) is 20.2 Å². The van der Waals surface area contributed by atoms with Crippen molar-refractivity contribution in [2.45, 2.75) is 32.6 Å². The van der Waals surface area contributed by atoms with E-state index in [0.29, 0.717) is 37.0 Å². The van der Waals surface area contributed by atoms with E-state index in [4.69, 9.17) is 0 Å². The number of aromatic nitrogens is 2. The molecule has 2 aromatic rings. The lowest BCUT2D eigenvalue weighted by Gasteiger charge is -2.35. The summed E-state index contributed by atoms with van der Waals surface area (Å²) in [4.78, 5) is 11.4. The van der Waals surface area contributed by atoms with E-state index in [1.54, 1.807) is 10.4 Å². The molecule has 0 amide bonds. The van der Waals surface area contributed by atoms with Crippen LogP contribution in [-0.2, 0) is 10.0 Å². The number of aryl methyl sites for hydroxylation is 3. The first-order valence-corrected chi connectivity index (χ1v) is 10.7. The number of hydrogen-bond acceptors (Lipinski definition) is 6. The highest BCUT2D eigenvalue weighted by Gasteiger charge is 2.30. The molecule has 1 aromatic carbocycles. The fourth-order valence-electron chi connectivity index (χ4n) is 3.34. The fraction of sp³-hybridized carbons (Fsp3) is 0.474. The predicted octanol–water partition coefficient (Wildman–Crippen LogP) is 2.34. The third kappa shape index (κ3) is 4.22. The number of hydrogen-bond donors (Lipinski definition) is 1. The molecule has 2 heterocycles. The van der Waals surface area contributed by atoms with Gasteiger partial charge in [0.15, 0.2) is 0 Å².